The average molecular weight is 340 g/mol. The lowest BCUT2D eigenvalue weighted by Gasteiger charge is -2.45. The predicted molar refractivity (Wildman–Crippen MR) is 87.3 cm³/mol. The molecule has 128 valence electrons. The lowest BCUT2D eigenvalue weighted by atomic mass is 10.0. The Hall–Kier alpha value is -1.15. The van der Waals surface area contributed by atoms with Gasteiger partial charge in [0.1, 0.15) is 10.6 Å². The topological polar surface area (TPSA) is 59.1 Å². The summed E-state index contributed by atoms with van der Waals surface area (Å²) >= 11 is 0. The maximum atomic E-state index is 13.3. The number of hydrogen-bond donors (Lipinski definition) is 0. The van der Waals surface area contributed by atoms with E-state index in [4.69, 9.17) is 9.47 Å². The quantitative estimate of drug-likeness (QED) is 0.825. The summed E-state index contributed by atoms with van der Waals surface area (Å²) in [6.45, 7) is 4.34. The fourth-order valence-corrected chi connectivity index (χ4v) is 5.28. The smallest absolute Gasteiger partial charge is 0.247 e. The molecule has 2 saturated heterocycles. The first kappa shape index (κ1) is 16.7. The summed E-state index contributed by atoms with van der Waals surface area (Å²) in [6.07, 6.45) is 0.837. The first-order valence-corrected chi connectivity index (χ1v) is 9.34. The van der Waals surface area contributed by atoms with Gasteiger partial charge < -0.3 is 14.4 Å². The molecule has 2 heterocycles. The van der Waals surface area contributed by atoms with E-state index in [0.29, 0.717) is 25.4 Å². The van der Waals surface area contributed by atoms with Crippen LogP contribution in [0.25, 0.3) is 0 Å². The van der Waals surface area contributed by atoms with E-state index in [9.17, 15) is 8.42 Å². The van der Waals surface area contributed by atoms with Gasteiger partial charge >= 0.3 is 0 Å². The Kier molecular flexibility index (Phi) is 4.64. The minimum absolute atomic E-state index is 0.0227. The van der Waals surface area contributed by atoms with Gasteiger partial charge in [0.25, 0.3) is 0 Å². The lowest BCUT2D eigenvalue weighted by molar-refractivity contribution is -0.0720. The second kappa shape index (κ2) is 6.39. The molecule has 2 aliphatic heterocycles. The monoisotopic (exact) mass is 340 g/mol. The van der Waals surface area contributed by atoms with Crippen molar-refractivity contribution in [1.29, 1.82) is 0 Å². The highest BCUT2D eigenvalue weighted by molar-refractivity contribution is 7.89. The summed E-state index contributed by atoms with van der Waals surface area (Å²) in [6, 6.07) is 5.12. The number of rotatable bonds is 3. The zero-order valence-corrected chi connectivity index (χ0v) is 14.7. The average Bonchev–Trinajstić information content (AvgIpc) is 2.54. The fraction of sp³-hybridized carbons (Fsp3) is 0.625. The number of sulfonamides is 1. The Bertz CT molecular complexity index is 677. The lowest BCUT2D eigenvalue weighted by Crippen LogP contribution is -2.60. The number of benzene rings is 1. The summed E-state index contributed by atoms with van der Waals surface area (Å²) in [5.74, 6) is 0.391. The molecule has 0 saturated carbocycles. The Balaban J connectivity index is 1.99. The number of morpholine rings is 1. The van der Waals surface area contributed by atoms with Crippen molar-refractivity contribution in [2.75, 3.05) is 40.4 Å². The molecule has 0 radical (unpaired) electrons. The van der Waals surface area contributed by atoms with Crippen LogP contribution < -0.4 is 4.74 Å². The largest absolute Gasteiger partial charge is 0.495 e. The van der Waals surface area contributed by atoms with Crippen LogP contribution in [0.15, 0.2) is 23.1 Å². The Morgan fingerprint density at radius 1 is 1.30 bits per heavy atom. The summed E-state index contributed by atoms with van der Waals surface area (Å²) < 4.78 is 39.2. The van der Waals surface area contributed by atoms with E-state index in [1.165, 1.54) is 7.11 Å². The fourth-order valence-electron chi connectivity index (χ4n) is 3.41. The van der Waals surface area contributed by atoms with E-state index in [0.717, 1.165) is 18.5 Å². The van der Waals surface area contributed by atoms with Crippen molar-refractivity contribution in [3.05, 3.63) is 23.8 Å². The van der Waals surface area contributed by atoms with E-state index >= 15 is 0 Å². The Morgan fingerprint density at radius 3 is 2.83 bits per heavy atom. The minimum atomic E-state index is -3.62. The number of likely N-dealkylation sites (N-methyl/N-ethyl adjacent to an activating group) is 1. The number of piperidine rings is 1. The van der Waals surface area contributed by atoms with Gasteiger partial charge in [-0.1, -0.05) is 6.07 Å². The van der Waals surface area contributed by atoms with Crippen molar-refractivity contribution >= 4 is 10.0 Å². The molecule has 0 aromatic heterocycles. The van der Waals surface area contributed by atoms with Crippen molar-refractivity contribution in [3.8, 4) is 5.75 Å². The van der Waals surface area contributed by atoms with E-state index in [2.05, 4.69) is 4.90 Å². The first-order valence-electron chi connectivity index (χ1n) is 7.90. The molecule has 7 heteroatoms. The third kappa shape index (κ3) is 3.10. The predicted octanol–water partition coefficient (Wildman–Crippen LogP) is 1.10. The maximum Gasteiger partial charge on any atom is 0.247 e. The minimum Gasteiger partial charge on any atom is -0.495 e. The number of fused-ring (bicyclic) bond motifs is 1. The molecule has 2 atom stereocenters. The van der Waals surface area contributed by atoms with Crippen molar-refractivity contribution in [1.82, 2.24) is 9.21 Å². The van der Waals surface area contributed by atoms with Gasteiger partial charge in [-0.15, -0.1) is 0 Å². The van der Waals surface area contributed by atoms with Crippen LogP contribution in [-0.2, 0) is 14.8 Å². The summed E-state index contributed by atoms with van der Waals surface area (Å²) in [5, 5.41) is 0. The molecule has 3 rings (SSSR count). The van der Waals surface area contributed by atoms with Crippen molar-refractivity contribution in [3.63, 3.8) is 0 Å². The highest BCUT2D eigenvalue weighted by atomic mass is 32.2. The van der Waals surface area contributed by atoms with Crippen LogP contribution >= 0.6 is 0 Å². The molecule has 23 heavy (non-hydrogen) atoms. The molecular weight excluding hydrogens is 316 g/mol. The van der Waals surface area contributed by atoms with E-state index in [1.54, 1.807) is 16.4 Å². The van der Waals surface area contributed by atoms with E-state index < -0.39 is 10.0 Å². The van der Waals surface area contributed by atoms with Gasteiger partial charge in [-0.05, 0) is 38.1 Å². The molecular formula is C16H24N2O4S. The molecule has 0 spiro atoms. The summed E-state index contributed by atoms with van der Waals surface area (Å²) in [7, 11) is -0.103. The molecule has 0 N–H and O–H groups in total. The molecule has 0 bridgehead atoms. The molecule has 2 fully saturated rings. The van der Waals surface area contributed by atoms with E-state index in [1.807, 2.05) is 20.0 Å². The number of methoxy groups -OCH3 is 1. The zero-order valence-electron chi connectivity index (χ0n) is 13.9. The third-order valence-electron chi connectivity index (χ3n) is 4.64. The number of ether oxygens (including phenoxy) is 2. The third-order valence-corrected chi connectivity index (χ3v) is 6.59. The van der Waals surface area contributed by atoms with Gasteiger partial charge in [0, 0.05) is 19.6 Å². The van der Waals surface area contributed by atoms with Crippen LogP contribution in [0.1, 0.15) is 12.0 Å². The SMILES string of the molecule is COc1ccc(C)cc1S(=O)(=O)N1CCOC2CCN(C)CC21. The van der Waals surface area contributed by atoms with Crippen LogP contribution in [0.4, 0.5) is 0 Å². The molecule has 6 nitrogen and oxygen atoms in total. The standard InChI is InChI=1S/C16H24N2O4S/c1-12-4-5-15(21-3)16(10-12)23(19,20)18-8-9-22-14-6-7-17(2)11-13(14)18/h4-5,10,13-14H,6-9,11H2,1-3H3. The van der Waals surface area contributed by atoms with Crippen LogP contribution in [0.2, 0.25) is 0 Å². The number of nitrogens with zero attached hydrogens (tertiary/aromatic N) is 2. The first-order chi connectivity index (χ1) is 10.9. The van der Waals surface area contributed by atoms with Gasteiger partial charge in [-0.25, -0.2) is 8.42 Å². The molecule has 2 aliphatic rings. The second-order valence-electron chi connectivity index (χ2n) is 6.30. The number of hydrogen-bond acceptors (Lipinski definition) is 5. The second-order valence-corrected chi connectivity index (χ2v) is 8.16. The molecule has 1 aromatic carbocycles. The summed E-state index contributed by atoms with van der Waals surface area (Å²) in [5.41, 5.74) is 0.898. The molecule has 2 unspecified atom stereocenters. The number of likely N-dealkylation sites (tertiary alicyclic amines) is 1. The van der Waals surface area contributed by atoms with Gasteiger partial charge in [0.2, 0.25) is 10.0 Å². The zero-order chi connectivity index (χ0) is 16.6. The van der Waals surface area contributed by atoms with Crippen LogP contribution in [-0.4, -0.2) is 70.2 Å². The Labute approximate surface area is 138 Å². The van der Waals surface area contributed by atoms with Crippen LogP contribution in [0, 0.1) is 6.92 Å². The highest BCUT2D eigenvalue weighted by Gasteiger charge is 2.43. The van der Waals surface area contributed by atoms with Crippen molar-refractivity contribution < 1.29 is 17.9 Å². The number of aryl methyl sites for hydroxylation is 1. The molecule has 0 amide bonds. The van der Waals surface area contributed by atoms with Crippen LogP contribution in [0.3, 0.4) is 0 Å². The molecule has 1 aromatic rings. The Morgan fingerprint density at radius 2 is 2.09 bits per heavy atom. The van der Waals surface area contributed by atoms with Gasteiger partial charge in [-0.2, -0.15) is 4.31 Å². The normalized spacial score (nSPS) is 26.7. The van der Waals surface area contributed by atoms with Crippen molar-refractivity contribution in [2.24, 2.45) is 0 Å². The summed E-state index contributed by atoms with van der Waals surface area (Å²) in [4.78, 5) is 2.40. The van der Waals surface area contributed by atoms with E-state index in [-0.39, 0.29) is 17.0 Å². The maximum absolute atomic E-state index is 13.3. The van der Waals surface area contributed by atoms with Crippen molar-refractivity contribution in [2.45, 2.75) is 30.4 Å². The van der Waals surface area contributed by atoms with Crippen LogP contribution in [0.5, 0.6) is 5.75 Å². The molecule has 0 aliphatic carbocycles. The van der Waals surface area contributed by atoms with Gasteiger partial charge in [-0.3, -0.25) is 0 Å². The highest BCUT2D eigenvalue weighted by Crippen LogP contribution is 2.32. The van der Waals surface area contributed by atoms with Gasteiger partial charge in [0.05, 0.1) is 25.9 Å². The van der Waals surface area contributed by atoms with Gasteiger partial charge in [0.15, 0.2) is 0 Å².